The molecule has 0 N–H and O–H groups in total. The third-order valence-electron chi connectivity index (χ3n) is 4.24. The fraction of sp³-hybridized carbons (Fsp3) is 0.600. The average molecular weight is 260 g/mol. The van der Waals surface area contributed by atoms with E-state index >= 15 is 0 Å². The van der Waals surface area contributed by atoms with Gasteiger partial charge in [-0.2, -0.15) is 0 Å². The van der Waals surface area contributed by atoms with E-state index in [9.17, 15) is 4.79 Å². The fourth-order valence-electron chi connectivity index (χ4n) is 3.12. The number of ether oxygens (including phenoxy) is 1. The van der Waals surface area contributed by atoms with Crippen LogP contribution in [0.4, 0.5) is 0 Å². The number of pyridine rings is 1. The zero-order chi connectivity index (χ0) is 13.2. The quantitative estimate of drug-likeness (QED) is 0.818. The summed E-state index contributed by atoms with van der Waals surface area (Å²) in [6.45, 7) is 3.65. The van der Waals surface area contributed by atoms with Crippen LogP contribution in [-0.2, 0) is 9.53 Å². The molecule has 2 saturated heterocycles. The van der Waals surface area contributed by atoms with Crippen LogP contribution in [-0.4, -0.2) is 35.0 Å². The molecule has 3 rings (SSSR count). The van der Waals surface area contributed by atoms with Crippen molar-refractivity contribution in [1.29, 1.82) is 0 Å². The minimum Gasteiger partial charge on any atom is -0.368 e. The Labute approximate surface area is 113 Å². The van der Waals surface area contributed by atoms with E-state index in [-0.39, 0.29) is 18.1 Å². The van der Waals surface area contributed by atoms with Gasteiger partial charge in [0.15, 0.2) is 0 Å². The van der Waals surface area contributed by atoms with E-state index < -0.39 is 0 Å². The summed E-state index contributed by atoms with van der Waals surface area (Å²) in [4.78, 5) is 18.8. The second-order valence-electron chi connectivity index (χ2n) is 5.53. The van der Waals surface area contributed by atoms with Crippen molar-refractivity contribution in [3.63, 3.8) is 0 Å². The summed E-state index contributed by atoms with van der Waals surface area (Å²) in [5, 5.41) is 0. The van der Waals surface area contributed by atoms with Crippen molar-refractivity contribution in [3.05, 3.63) is 30.1 Å². The molecule has 0 aliphatic carbocycles. The molecule has 3 atom stereocenters. The molecule has 102 valence electrons. The molecule has 4 nitrogen and oxygen atoms in total. The molecular formula is C15H20N2O2. The lowest BCUT2D eigenvalue weighted by Crippen LogP contribution is -2.40. The van der Waals surface area contributed by atoms with Crippen LogP contribution in [0.5, 0.6) is 0 Å². The molecule has 0 radical (unpaired) electrons. The summed E-state index contributed by atoms with van der Waals surface area (Å²) in [6.07, 6.45) is 6.48. The Hall–Kier alpha value is -1.42. The summed E-state index contributed by atoms with van der Waals surface area (Å²) in [5.41, 5.74) is 1.14. The van der Waals surface area contributed by atoms with Crippen LogP contribution in [0.2, 0.25) is 0 Å². The Kier molecular flexibility index (Phi) is 3.51. The molecule has 2 aliphatic rings. The van der Waals surface area contributed by atoms with Crippen LogP contribution in [0.3, 0.4) is 0 Å². The summed E-state index contributed by atoms with van der Waals surface area (Å²) in [7, 11) is 0. The minimum atomic E-state index is -0.239. The molecule has 0 bridgehead atoms. The highest BCUT2D eigenvalue weighted by molar-refractivity contribution is 5.82. The normalized spacial score (nSPS) is 30.8. The molecule has 0 aromatic carbocycles. The predicted molar refractivity (Wildman–Crippen MR) is 71.4 cm³/mol. The third-order valence-corrected chi connectivity index (χ3v) is 4.24. The molecule has 0 spiro atoms. The van der Waals surface area contributed by atoms with Crippen LogP contribution < -0.4 is 0 Å². The molecule has 1 aromatic heterocycles. The first-order valence-electron chi connectivity index (χ1n) is 7.09. The van der Waals surface area contributed by atoms with Crippen molar-refractivity contribution in [2.75, 3.05) is 13.2 Å². The van der Waals surface area contributed by atoms with E-state index in [0.29, 0.717) is 12.5 Å². The maximum Gasteiger partial charge on any atom is 0.252 e. The molecule has 1 amide bonds. The third kappa shape index (κ3) is 2.37. The van der Waals surface area contributed by atoms with Crippen LogP contribution in [0.25, 0.3) is 0 Å². The van der Waals surface area contributed by atoms with Crippen molar-refractivity contribution in [2.45, 2.75) is 38.3 Å². The largest absolute Gasteiger partial charge is 0.368 e. The van der Waals surface area contributed by atoms with Crippen LogP contribution >= 0.6 is 0 Å². The number of carbonyl (C=O) groups is 1. The van der Waals surface area contributed by atoms with Crippen LogP contribution in [0, 0.1) is 5.92 Å². The van der Waals surface area contributed by atoms with Crippen molar-refractivity contribution in [2.24, 2.45) is 5.92 Å². The Morgan fingerprint density at radius 3 is 3.05 bits per heavy atom. The summed E-state index contributed by atoms with van der Waals surface area (Å²) >= 11 is 0. The van der Waals surface area contributed by atoms with Gasteiger partial charge in [0, 0.05) is 25.5 Å². The highest BCUT2D eigenvalue weighted by atomic mass is 16.5. The van der Waals surface area contributed by atoms with Crippen molar-refractivity contribution in [3.8, 4) is 0 Å². The summed E-state index contributed by atoms with van der Waals surface area (Å²) < 4.78 is 5.62. The molecule has 4 heteroatoms. The Morgan fingerprint density at radius 2 is 2.37 bits per heavy atom. The van der Waals surface area contributed by atoms with E-state index in [1.165, 1.54) is 0 Å². The standard InChI is InChI=1S/C15H20N2O2/c1-11-6-9-19-14(11)15(18)17-8-3-5-13(17)12-4-2-7-16-10-12/h2,4,7,10-11,13-14H,3,5-6,8-9H2,1H3/t11-,13?,14+/m1/s1. The average Bonchev–Trinajstić information content (AvgIpc) is 3.07. The van der Waals surface area contributed by atoms with Gasteiger partial charge in [-0.25, -0.2) is 0 Å². The van der Waals surface area contributed by atoms with E-state index in [2.05, 4.69) is 18.0 Å². The molecule has 1 aromatic rings. The van der Waals surface area contributed by atoms with Crippen molar-refractivity contribution in [1.82, 2.24) is 9.88 Å². The lowest BCUT2D eigenvalue weighted by molar-refractivity contribution is -0.143. The van der Waals surface area contributed by atoms with Gasteiger partial charge in [0.1, 0.15) is 6.10 Å². The van der Waals surface area contributed by atoms with Gasteiger partial charge in [-0.15, -0.1) is 0 Å². The minimum absolute atomic E-state index is 0.163. The molecule has 2 aliphatic heterocycles. The van der Waals surface area contributed by atoms with Crippen molar-refractivity contribution >= 4 is 5.91 Å². The zero-order valence-electron chi connectivity index (χ0n) is 11.3. The van der Waals surface area contributed by atoms with Gasteiger partial charge in [0.2, 0.25) is 0 Å². The van der Waals surface area contributed by atoms with Gasteiger partial charge in [0.25, 0.3) is 5.91 Å². The lowest BCUT2D eigenvalue weighted by Gasteiger charge is -2.28. The van der Waals surface area contributed by atoms with Gasteiger partial charge < -0.3 is 9.64 Å². The Balaban J connectivity index is 1.78. The number of aromatic nitrogens is 1. The molecule has 2 fully saturated rings. The topological polar surface area (TPSA) is 42.4 Å². The monoisotopic (exact) mass is 260 g/mol. The highest BCUT2D eigenvalue weighted by Gasteiger charge is 2.38. The zero-order valence-corrected chi connectivity index (χ0v) is 11.3. The number of likely N-dealkylation sites (tertiary alicyclic amines) is 1. The van der Waals surface area contributed by atoms with Gasteiger partial charge in [-0.3, -0.25) is 9.78 Å². The van der Waals surface area contributed by atoms with Gasteiger partial charge in [-0.05, 0) is 36.8 Å². The number of hydrogen-bond donors (Lipinski definition) is 0. The number of carbonyl (C=O) groups excluding carboxylic acids is 1. The number of amides is 1. The van der Waals surface area contributed by atoms with Crippen LogP contribution in [0.15, 0.2) is 24.5 Å². The van der Waals surface area contributed by atoms with E-state index in [0.717, 1.165) is 31.4 Å². The molecule has 19 heavy (non-hydrogen) atoms. The highest BCUT2D eigenvalue weighted by Crippen LogP contribution is 2.34. The summed E-state index contributed by atoms with van der Waals surface area (Å²) in [6, 6.07) is 4.17. The molecule has 3 heterocycles. The van der Waals surface area contributed by atoms with E-state index in [1.807, 2.05) is 17.2 Å². The lowest BCUT2D eigenvalue weighted by atomic mass is 10.0. The number of nitrogens with zero attached hydrogens (tertiary/aromatic N) is 2. The Bertz CT molecular complexity index is 449. The smallest absolute Gasteiger partial charge is 0.252 e. The number of rotatable bonds is 2. The molecule has 0 saturated carbocycles. The SMILES string of the molecule is C[C@@H]1CCO[C@@H]1C(=O)N1CCCC1c1cccnc1. The Morgan fingerprint density at radius 1 is 1.47 bits per heavy atom. The van der Waals surface area contributed by atoms with Gasteiger partial charge >= 0.3 is 0 Å². The second kappa shape index (κ2) is 5.29. The van der Waals surface area contributed by atoms with Gasteiger partial charge in [0.05, 0.1) is 6.04 Å². The maximum atomic E-state index is 12.6. The van der Waals surface area contributed by atoms with Crippen molar-refractivity contribution < 1.29 is 9.53 Å². The van der Waals surface area contributed by atoms with E-state index in [4.69, 9.17) is 4.74 Å². The van der Waals surface area contributed by atoms with Gasteiger partial charge in [-0.1, -0.05) is 13.0 Å². The first-order chi connectivity index (χ1) is 9.27. The fourth-order valence-corrected chi connectivity index (χ4v) is 3.12. The summed E-state index contributed by atoms with van der Waals surface area (Å²) in [5.74, 6) is 0.499. The first kappa shape index (κ1) is 12.6. The second-order valence-corrected chi connectivity index (χ2v) is 5.53. The number of hydrogen-bond acceptors (Lipinski definition) is 3. The van der Waals surface area contributed by atoms with E-state index in [1.54, 1.807) is 6.20 Å². The maximum absolute atomic E-state index is 12.6. The first-order valence-corrected chi connectivity index (χ1v) is 7.09. The predicted octanol–water partition coefficient (Wildman–Crippen LogP) is 2.17. The van der Waals surface area contributed by atoms with Crippen LogP contribution in [0.1, 0.15) is 37.8 Å². The molecule has 1 unspecified atom stereocenters. The molecular weight excluding hydrogens is 240 g/mol.